The number of benzene rings is 4. The van der Waals surface area contributed by atoms with Crippen molar-refractivity contribution in [1.29, 1.82) is 0 Å². The van der Waals surface area contributed by atoms with Crippen LogP contribution in [0.15, 0.2) is 146 Å². The van der Waals surface area contributed by atoms with Gasteiger partial charge in [0, 0.05) is 5.54 Å². The highest BCUT2D eigenvalue weighted by Gasteiger charge is 2.15. The second-order valence-electron chi connectivity index (χ2n) is 8.73. The molecule has 176 valence electrons. The zero-order chi connectivity index (χ0) is 24.3. The summed E-state index contributed by atoms with van der Waals surface area (Å²) in [4.78, 5) is 0. The van der Waals surface area contributed by atoms with Crippen LogP contribution in [0.5, 0.6) is 0 Å². The van der Waals surface area contributed by atoms with Crippen molar-refractivity contribution in [2.75, 3.05) is 12.3 Å². The average molecular weight is 494 g/mol. The SMILES string of the molecule is CC(N)(C=CCP(c1ccccc1)c1ccccc1)C=CCP(c1ccccc1)c1ccccc1. The van der Waals surface area contributed by atoms with E-state index in [-0.39, 0.29) is 0 Å². The van der Waals surface area contributed by atoms with E-state index in [0.29, 0.717) is 0 Å². The quantitative estimate of drug-likeness (QED) is 0.210. The van der Waals surface area contributed by atoms with E-state index in [9.17, 15) is 0 Å². The van der Waals surface area contributed by atoms with Crippen molar-refractivity contribution in [3.8, 4) is 0 Å². The van der Waals surface area contributed by atoms with Crippen LogP contribution in [-0.4, -0.2) is 17.9 Å². The van der Waals surface area contributed by atoms with E-state index < -0.39 is 21.4 Å². The second-order valence-corrected chi connectivity index (χ2v) is 13.2. The summed E-state index contributed by atoms with van der Waals surface area (Å²) >= 11 is 0. The number of hydrogen-bond acceptors (Lipinski definition) is 1. The Labute approximate surface area is 212 Å². The van der Waals surface area contributed by atoms with Gasteiger partial charge in [-0.15, -0.1) is 0 Å². The Kier molecular flexibility index (Phi) is 9.21. The van der Waals surface area contributed by atoms with E-state index >= 15 is 0 Å². The Morgan fingerprint density at radius 2 is 0.771 bits per heavy atom. The molecule has 0 spiro atoms. The Hall–Kier alpha value is -2.82. The summed E-state index contributed by atoms with van der Waals surface area (Å²) in [5.41, 5.74) is 6.20. The monoisotopic (exact) mass is 493 g/mol. The lowest BCUT2D eigenvalue weighted by Gasteiger charge is -2.20. The van der Waals surface area contributed by atoms with Crippen LogP contribution in [0.1, 0.15) is 6.92 Å². The van der Waals surface area contributed by atoms with E-state index in [1.54, 1.807) is 0 Å². The number of hydrogen-bond donors (Lipinski definition) is 1. The molecule has 0 aliphatic carbocycles. The Balaban J connectivity index is 1.46. The Morgan fingerprint density at radius 1 is 0.514 bits per heavy atom. The third-order valence-corrected chi connectivity index (χ3v) is 10.6. The Morgan fingerprint density at radius 3 is 1.03 bits per heavy atom. The maximum absolute atomic E-state index is 6.68. The van der Waals surface area contributed by atoms with Gasteiger partial charge >= 0.3 is 0 Å². The molecule has 0 fully saturated rings. The smallest absolute Gasteiger partial charge is 0.0496 e. The molecule has 3 heteroatoms. The van der Waals surface area contributed by atoms with Gasteiger partial charge in [0.05, 0.1) is 0 Å². The minimum Gasteiger partial charge on any atom is -0.319 e. The molecule has 0 radical (unpaired) electrons. The first-order chi connectivity index (χ1) is 17.1. The van der Waals surface area contributed by atoms with Crippen LogP contribution in [0, 0.1) is 0 Å². The third kappa shape index (κ3) is 7.58. The fraction of sp³-hybridized carbons (Fsp3) is 0.125. The normalized spacial score (nSPS) is 13.6. The maximum Gasteiger partial charge on any atom is 0.0496 e. The second kappa shape index (κ2) is 12.8. The van der Waals surface area contributed by atoms with Crippen LogP contribution in [0.4, 0.5) is 0 Å². The molecule has 4 aromatic carbocycles. The van der Waals surface area contributed by atoms with Crippen molar-refractivity contribution < 1.29 is 0 Å². The molecule has 1 nitrogen and oxygen atoms in total. The molecular formula is C32H33NP2. The fourth-order valence-electron chi connectivity index (χ4n) is 4.03. The summed E-state index contributed by atoms with van der Waals surface area (Å²) in [5.74, 6) is 0. The van der Waals surface area contributed by atoms with Crippen molar-refractivity contribution in [2.24, 2.45) is 5.73 Å². The van der Waals surface area contributed by atoms with Crippen LogP contribution in [0.25, 0.3) is 0 Å². The molecule has 2 N–H and O–H groups in total. The first kappa shape index (κ1) is 25.3. The van der Waals surface area contributed by atoms with Crippen molar-refractivity contribution in [3.63, 3.8) is 0 Å². The third-order valence-electron chi connectivity index (χ3n) is 5.80. The van der Waals surface area contributed by atoms with Gasteiger partial charge in [-0.2, -0.15) is 0 Å². The van der Waals surface area contributed by atoms with Gasteiger partial charge < -0.3 is 5.73 Å². The van der Waals surface area contributed by atoms with Crippen molar-refractivity contribution >= 4 is 37.1 Å². The zero-order valence-electron chi connectivity index (χ0n) is 20.2. The van der Waals surface area contributed by atoms with Crippen LogP contribution >= 0.6 is 15.8 Å². The van der Waals surface area contributed by atoms with E-state index in [1.165, 1.54) is 21.2 Å². The molecule has 0 saturated carbocycles. The van der Waals surface area contributed by atoms with Crippen LogP contribution in [0.2, 0.25) is 0 Å². The highest BCUT2D eigenvalue weighted by molar-refractivity contribution is 7.73. The molecule has 0 aromatic heterocycles. The van der Waals surface area contributed by atoms with Gasteiger partial charge in [-0.25, -0.2) is 0 Å². The molecule has 35 heavy (non-hydrogen) atoms. The van der Waals surface area contributed by atoms with Crippen molar-refractivity contribution in [2.45, 2.75) is 12.5 Å². The summed E-state index contributed by atoms with van der Waals surface area (Å²) in [6.45, 7) is 2.08. The lowest BCUT2D eigenvalue weighted by atomic mass is 10.0. The summed E-state index contributed by atoms with van der Waals surface area (Å²) < 4.78 is 0. The van der Waals surface area contributed by atoms with Crippen LogP contribution < -0.4 is 27.0 Å². The molecule has 0 aliphatic heterocycles. The number of allylic oxidation sites excluding steroid dienone is 2. The van der Waals surface area contributed by atoms with E-state index in [0.717, 1.165) is 12.3 Å². The predicted molar refractivity (Wildman–Crippen MR) is 159 cm³/mol. The van der Waals surface area contributed by atoms with Crippen LogP contribution in [-0.2, 0) is 0 Å². The van der Waals surface area contributed by atoms with Gasteiger partial charge in [0.15, 0.2) is 0 Å². The molecule has 0 unspecified atom stereocenters. The van der Waals surface area contributed by atoms with E-state index in [1.807, 2.05) is 0 Å². The molecule has 4 rings (SSSR count). The summed E-state index contributed by atoms with van der Waals surface area (Å²) in [7, 11) is -0.902. The van der Waals surface area contributed by atoms with Gasteiger partial charge in [0.1, 0.15) is 0 Å². The van der Waals surface area contributed by atoms with Gasteiger partial charge in [-0.1, -0.05) is 146 Å². The average Bonchev–Trinajstić information content (AvgIpc) is 2.91. The molecular weight excluding hydrogens is 460 g/mol. The predicted octanol–water partition coefficient (Wildman–Crippen LogP) is 6.08. The largest absolute Gasteiger partial charge is 0.319 e. The lowest BCUT2D eigenvalue weighted by molar-refractivity contribution is 0.733. The molecule has 0 bridgehead atoms. The molecule has 0 atom stereocenters. The zero-order valence-corrected chi connectivity index (χ0v) is 22.0. The topological polar surface area (TPSA) is 26.0 Å². The standard InChI is InChI=1S/C32H33NP2/c1-32(33,24-14-26-34(28-16-6-2-7-17-28)29-18-8-3-9-19-29)25-15-27-35(30-20-10-4-11-21-30)31-22-12-5-13-23-31/h2-25H,26-27,33H2,1H3. The summed E-state index contributed by atoms with van der Waals surface area (Å²) in [6, 6.07) is 43.3. The van der Waals surface area contributed by atoms with Crippen LogP contribution in [0.3, 0.4) is 0 Å². The summed E-state index contributed by atoms with van der Waals surface area (Å²) in [6.07, 6.45) is 10.8. The molecule has 4 aromatic rings. The van der Waals surface area contributed by atoms with Gasteiger partial charge in [0.2, 0.25) is 0 Å². The minimum absolute atomic E-state index is 0.451. The first-order valence-corrected chi connectivity index (χ1v) is 15.1. The van der Waals surface area contributed by atoms with Gasteiger partial charge in [-0.05, 0) is 56.3 Å². The lowest BCUT2D eigenvalue weighted by Crippen LogP contribution is -2.31. The molecule has 0 saturated heterocycles. The Bertz CT molecular complexity index is 1030. The van der Waals surface area contributed by atoms with E-state index in [4.69, 9.17) is 5.73 Å². The van der Waals surface area contributed by atoms with Crippen molar-refractivity contribution in [3.05, 3.63) is 146 Å². The summed E-state index contributed by atoms with van der Waals surface area (Å²) in [5, 5.41) is 5.57. The van der Waals surface area contributed by atoms with Gasteiger partial charge in [-0.3, -0.25) is 0 Å². The van der Waals surface area contributed by atoms with Gasteiger partial charge in [0.25, 0.3) is 0 Å². The number of rotatable bonds is 10. The number of nitrogens with two attached hydrogens (primary N) is 1. The fourth-order valence-corrected chi connectivity index (χ4v) is 8.23. The molecule has 0 amide bonds. The highest BCUT2D eigenvalue weighted by Crippen LogP contribution is 2.34. The maximum atomic E-state index is 6.68. The molecule has 0 aliphatic rings. The highest BCUT2D eigenvalue weighted by atomic mass is 31.1. The first-order valence-electron chi connectivity index (χ1n) is 12.0. The van der Waals surface area contributed by atoms with Crippen molar-refractivity contribution in [1.82, 2.24) is 0 Å². The molecule has 0 heterocycles. The van der Waals surface area contributed by atoms with E-state index in [2.05, 4.69) is 153 Å². The minimum atomic E-state index is -0.483.